The van der Waals surface area contributed by atoms with Crippen molar-refractivity contribution < 1.29 is 32.2 Å². The van der Waals surface area contributed by atoms with Gasteiger partial charge >= 0.3 is 11.9 Å². The lowest BCUT2D eigenvalue weighted by Gasteiger charge is -2.35. The summed E-state index contributed by atoms with van der Waals surface area (Å²) in [7, 11) is -4.02. The van der Waals surface area contributed by atoms with Crippen LogP contribution in [0.15, 0.2) is 45.9 Å². The minimum Gasteiger partial charge on any atom is -0.471 e. The molecule has 9 nitrogen and oxygen atoms in total. The fourth-order valence-electron chi connectivity index (χ4n) is 3.68. The van der Waals surface area contributed by atoms with Gasteiger partial charge in [0.1, 0.15) is 23.0 Å². The molecule has 0 aliphatic carbocycles. The quantitative estimate of drug-likeness (QED) is 0.419. The molecule has 2 heterocycles. The van der Waals surface area contributed by atoms with E-state index >= 15 is 0 Å². The first-order valence-corrected chi connectivity index (χ1v) is 14.1. The fraction of sp³-hybridized carbons (Fsp3) is 0.500. The number of esters is 2. The number of carbonyl (C=O) groups is 2. The number of ether oxygens (including phenoxy) is 3. The van der Waals surface area contributed by atoms with Gasteiger partial charge in [0.25, 0.3) is 10.0 Å². The van der Waals surface area contributed by atoms with Gasteiger partial charge in [-0.1, -0.05) is 22.0 Å². The Morgan fingerprint density at radius 1 is 1.08 bits per heavy atom. The van der Waals surface area contributed by atoms with Crippen LogP contribution in [0.1, 0.15) is 59.9 Å². The van der Waals surface area contributed by atoms with Crippen molar-refractivity contribution in [1.29, 1.82) is 0 Å². The number of carbonyl (C=O) groups excluding carboxylic acids is 2. The Morgan fingerprint density at radius 2 is 1.73 bits per heavy atom. The third-order valence-electron chi connectivity index (χ3n) is 5.05. The Hall–Kier alpha value is -2.66. The monoisotopic (exact) mass is 596 g/mol. The normalized spacial score (nSPS) is 16.0. The highest BCUT2D eigenvalue weighted by molar-refractivity contribution is 9.10. The van der Waals surface area contributed by atoms with Gasteiger partial charge in [-0.2, -0.15) is 0 Å². The minimum absolute atomic E-state index is 0.0395. The minimum atomic E-state index is -4.02. The van der Waals surface area contributed by atoms with Crippen LogP contribution in [0.2, 0.25) is 0 Å². The fourth-order valence-corrected chi connectivity index (χ4v) is 5.76. The zero-order valence-electron chi connectivity index (χ0n) is 21.9. The highest BCUT2D eigenvalue weighted by Gasteiger charge is 2.36. The van der Waals surface area contributed by atoms with E-state index in [9.17, 15) is 18.0 Å². The number of fused-ring (bicyclic) bond motifs is 1. The van der Waals surface area contributed by atoms with Crippen LogP contribution in [0, 0.1) is 0 Å². The maximum Gasteiger partial charge on any atom is 0.310 e. The summed E-state index contributed by atoms with van der Waals surface area (Å²) >= 11 is 3.33. The molecule has 0 fully saturated rings. The van der Waals surface area contributed by atoms with E-state index in [1.165, 1.54) is 22.6 Å². The molecule has 37 heavy (non-hydrogen) atoms. The van der Waals surface area contributed by atoms with Crippen LogP contribution in [0.4, 0.5) is 5.69 Å². The summed E-state index contributed by atoms with van der Waals surface area (Å²) in [6, 6.07) is 7.96. The second-order valence-corrected chi connectivity index (χ2v) is 13.6. The molecule has 202 valence electrons. The molecular weight excluding hydrogens is 564 g/mol. The number of anilines is 1. The summed E-state index contributed by atoms with van der Waals surface area (Å²) in [6.45, 7) is 10.6. The maximum atomic E-state index is 13.7. The second-order valence-electron chi connectivity index (χ2n) is 10.8. The highest BCUT2D eigenvalue weighted by atomic mass is 79.9. The largest absolute Gasteiger partial charge is 0.471 e. The molecule has 0 spiro atoms. The third kappa shape index (κ3) is 8.16. The maximum absolute atomic E-state index is 13.7. The zero-order chi connectivity index (χ0) is 27.6. The molecule has 1 aromatic heterocycles. The Balaban J connectivity index is 1.92. The first kappa shape index (κ1) is 28.9. The number of sulfonamides is 1. The Morgan fingerprint density at radius 3 is 2.35 bits per heavy atom. The van der Waals surface area contributed by atoms with Gasteiger partial charge in [-0.05, 0) is 77.8 Å². The van der Waals surface area contributed by atoms with Crippen LogP contribution in [0.25, 0.3) is 0 Å². The van der Waals surface area contributed by atoms with E-state index in [4.69, 9.17) is 14.2 Å². The van der Waals surface area contributed by atoms with Crippen LogP contribution < -0.4 is 9.04 Å². The molecule has 0 bridgehead atoms. The molecule has 0 radical (unpaired) electrons. The van der Waals surface area contributed by atoms with Gasteiger partial charge in [-0.3, -0.25) is 13.9 Å². The summed E-state index contributed by atoms with van der Waals surface area (Å²) in [5.41, 5.74) is -0.578. The number of rotatable bonds is 7. The molecule has 11 heteroatoms. The van der Waals surface area contributed by atoms with Gasteiger partial charge in [0.05, 0.1) is 17.9 Å². The molecular formula is C26H33BrN2O7S. The molecule has 0 amide bonds. The molecule has 1 atom stereocenters. The number of halogens is 1. The summed E-state index contributed by atoms with van der Waals surface area (Å²) in [6.07, 6.45) is 1.04. The van der Waals surface area contributed by atoms with E-state index in [2.05, 4.69) is 20.9 Å². The average molecular weight is 598 g/mol. The molecule has 2 aromatic rings. The van der Waals surface area contributed by atoms with Crippen molar-refractivity contribution in [2.75, 3.05) is 10.8 Å². The van der Waals surface area contributed by atoms with Gasteiger partial charge in [-0.15, -0.1) is 0 Å². The Labute approximate surface area is 226 Å². The molecule has 0 saturated heterocycles. The number of pyridine rings is 1. The van der Waals surface area contributed by atoms with Crippen molar-refractivity contribution in [3.8, 4) is 5.88 Å². The van der Waals surface area contributed by atoms with Crippen LogP contribution in [-0.4, -0.2) is 49.2 Å². The van der Waals surface area contributed by atoms with Gasteiger partial charge in [0, 0.05) is 17.1 Å². The molecule has 1 aliphatic rings. The lowest BCUT2D eigenvalue weighted by atomic mass is 10.1. The average Bonchev–Trinajstić information content (AvgIpc) is 2.74. The standard InChI is InChI=1S/C26H33BrN2O7S/c1-25(2,3)35-22(30)11-10-19-16-29(37(32,33)20-9-7-8-18(27)14-20)21-12-17(15-28-24(21)34-19)13-23(31)36-26(4,5)6/h7-9,12,14-15,19H,10-11,13,16H2,1-6H3/t19-/m0/s1. The number of nitrogens with zero attached hydrogens (tertiary/aromatic N) is 2. The number of aromatic nitrogens is 1. The van der Waals surface area contributed by atoms with E-state index < -0.39 is 39.3 Å². The Bertz CT molecular complexity index is 1270. The van der Waals surface area contributed by atoms with Gasteiger partial charge < -0.3 is 14.2 Å². The van der Waals surface area contributed by atoms with E-state index in [1.807, 2.05) is 0 Å². The topological polar surface area (TPSA) is 112 Å². The van der Waals surface area contributed by atoms with Crippen molar-refractivity contribution in [2.24, 2.45) is 0 Å². The molecule has 0 saturated carbocycles. The predicted octanol–water partition coefficient (Wildman–Crippen LogP) is 4.81. The van der Waals surface area contributed by atoms with Crippen molar-refractivity contribution in [3.63, 3.8) is 0 Å². The second kappa shape index (κ2) is 11.0. The van der Waals surface area contributed by atoms with Crippen molar-refractivity contribution >= 4 is 43.6 Å². The van der Waals surface area contributed by atoms with Crippen LogP contribution in [0.5, 0.6) is 5.88 Å². The Kier molecular flexibility index (Phi) is 8.58. The molecule has 0 N–H and O–H groups in total. The molecule has 0 unspecified atom stereocenters. The van der Waals surface area contributed by atoms with Gasteiger partial charge in [0.2, 0.25) is 5.88 Å². The lowest BCUT2D eigenvalue weighted by molar-refractivity contribution is -0.155. The summed E-state index contributed by atoms with van der Waals surface area (Å²) in [5, 5.41) is 0. The summed E-state index contributed by atoms with van der Waals surface area (Å²) < 4.78 is 46.0. The molecule has 3 rings (SSSR count). The van der Waals surface area contributed by atoms with Gasteiger partial charge in [0.15, 0.2) is 0 Å². The predicted molar refractivity (Wildman–Crippen MR) is 142 cm³/mol. The van der Waals surface area contributed by atoms with E-state index in [1.54, 1.807) is 59.7 Å². The highest BCUT2D eigenvalue weighted by Crippen LogP contribution is 2.37. The first-order valence-electron chi connectivity index (χ1n) is 11.9. The SMILES string of the molecule is CC(C)(C)OC(=O)CC[C@H]1CN(S(=O)(=O)c2cccc(Br)c2)c2cc(CC(=O)OC(C)(C)C)cnc2O1. The van der Waals surface area contributed by atoms with Crippen LogP contribution in [-0.2, 0) is 35.5 Å². The third-order valence-corrected chi connectivity index (χ3v) is 7.32. The van der Waals surface area contributed by atoms with Crippen LogP contribution >= 0.6 is 15.9 Å². The summed E-state index contributed by atoms with van der Waals surface area (Å²) in [4.78, 5) is 29.0. The van der Waals surface area contributed by atoms with E-state index in [0.717, 1.165) is 0 Å². The zero-order valence-corrected chi connectivity index (χ0v) is 24.3. The number of hydrogen-bond donors (Lipinski definition) is 0. The smallest absolute Gasteiger partial charge is 0.310 e. The lowest BCUT2D eigenvalue weighted by Crippen LogP contribution is -2.44. The number of benzene rings is 1. The van der Waals surface area contributed by atoms with Crippen LogP contribution in [0.3, 0.4) is 0 Å². The van der Waals surface area contributed by atoms with Crippen molar-refractivity contribution in [2.45, 2.75) is 83.0 Å². The molecule has 1 aromatic carbocycles. The van der Waals surface area contributed by atoms with Crippen molar-refractivity contribution in [3.05, 3.63) is 46.6 Å². The number of hydrogen-bond acceptors (Lipinski definition) is 8. The van der Waals surface area contributed by atoms with Crippen molar-refractivity contribution in [1.82, 2.24) is 4.98 Å². The van der Waals surface area contributed by atoms with Gasteiger partial charge in [-0.25, -0.2) is 13.4 Å². The summed E-state index contributed by atoms with van der Waals surface area (Å²) in [5.74, 6) is -0.751. The molecule has 1 aliphatic heterocycles. The first-order chi connectivity index (χ1) is 17.0. The van der Waals surface area contributed by atoms with E-state index in [0.29, 0.717) is 10.0 Å². The van der Waals surface area contributed by atoms with E-state index in [-0.39, 0.29) is 42.3 Å².